The Kier molecular flexibility index (Phi) is 5.02. The number of aromatic nitrogens is 2. The normalized spacial score (nSPS) is 19.6. The summed E-state index contributed by atoms with van der Waals surface area (Å²) in [6.45, 7) is 3.35. The Labute approximate surface area is 175 Å². The third kappa shape index (κ3) is 3.77. The topological polar surface area (TPSA) is 52.2 Å². The zero-order valence-corrected chi connectivity index (χ0v) is 17.2. The van der Waals surface area contributed by atoms with Crippen LogP contribution in [0.15, 0.2) is 42.5 Å². The Balaban J connectivity index is 1.23. The van der Waals surface area contributed by atoms with Crippen molar-refractivity contribution in [2.45, 2.75) is 38.3 Å². The van der Waals surface area contributed by atoms with Gasteiger partial charge in [-0.3, -0.25) is 9.69 Å². The number of carbonyl (C=O) groups is 1. The molecule has 5 rings (SSSR count). The maximum absolute atomic E-state index is 12.8. The smallest absolute Gasteiger partial charge is 0.224 e. The van der Waals surface area contributed by atoms with Crippen LogP contribution in [0.25, 0.3) is 11.0 Å². The predicted octanol–water partition coefficient (Wildman–Crippen LogP) is 4.33. The van der Waals surface area contributed by atoms with E-state index in [-0.39, 0.29) is 11.9 Å². The molecule has 0 radical (unpaired) electrons. The van der Waals surface area contributed by atoms with Gasteiger partial charge < -0.3 is 9.88 Å². The second-order valence-corrected chi connectivity index (χ2v) is 8.50. The molecule has 1 N–H and O–H groups in total. The van der Waals surface area contributed by atoms with E-state index >= 15 is 0 Å². The van der Waals surface area contributed by atoms with E-state index in [1.165, 1.54) is 11.1 Å². The molecule has 1 aromatic heterocycles. The summed E-state index contributed by atoms with van der Waals surface area (Å²) in [5.74, 6) is 1.24. The van der Waals surface area contributed by atoms with Gasteiger partial charge in [-0.15, -0.1) is 0 Å². The van der Waals surface area contributed by atoms with Crippen molar-refractivity contribution in [2.24, 2.45) is 0 Å². The number of fused-ring (bicyclic) bond motifs is 2. The van der Waals surface area contributed by atoms with E-state index in [0.29, 0.717) is 11.4 Å². The molecule has 29 heavy (non-hydrogen) atoms. The highest BCUT2D eigenvalue weighted by molar-refractivity contribution is 6.31. The summed E-state index contributed by atoms with van der Waals surface area (Å²) >= 11 is 6.11. The number of amides is 1. The van der Waals surface area contributed by atoms with Crippen molar-refractivity contribution in [2.75, 3.05) is 19.6 Å². The highest BCUT2D eigenvalue weighted by Gasteiger charge is 2.29. The van der Waals surface area contributed by atoms with Gasteiger partial charge in [0, 0.05) is 31.1 Å². The summed E-state index contributed by atoms with van der Waals surface area (Å²) in [6.07, 6.45) is 3.72. The van der Waals surface area contributed by atoms with Crippen molar-refractivity contribution in [1.29, 1.82) is 0 Å². The summed E-state index contributed by atoms with van der Waals surface area (Å²) in [5.41, 5.74) is 4.58. The van der Waals surface area contributed by atoms with Crippen LogP contribution < -0.4 is 0 Å². The van der Waals surface area contributed by atoms with E-state index in [1.54, 1.807) is 0 Å². The lowest BCUT2D eigenvalue weighted by Crippen LogP contribution is -2.38. The zero-order chi connectivity index (χ0) is 19.8. The van der Waals surface area contributed by atoms with Crippen LogP contribution in [-0.4, -0.2) is 45.3 Å². The van der Waals surface area contributed by atoms with Crippen molar-refractivity contribution in [3.05, 3.63) is 64.4 Å². The average Bonchev–Trinajstić information content (AvgIpc) is 3.37. The SMILES string of the molecule is O=C(CCN1CCC[C@H]1c1nc2ccc(Cl)cc2[nH]1)N1CCc2ccccc2C1. The van der Waals surface area contributed by atoms with Gasteiger partial charge in [-0.2, -0.15) is 0 Å². The maximum Gasteiger partial charge on any atom is 0.224 e. The summed E-state index contributed by atoms with van der Waals surface area (Å²) in [6, 6.07) is 14.4. The quantitative estimate of drug-likeness (QED) is 0.699. The number of halogens is 1. The number of hydrogen-bond donors (Lipinski definition) is 1. The van der Waals surface area contributed by atoms with Gasteiger partial charge in [0.25, 0.3) is 0 Å². The molecule has 0 spiro atoms. The van der Waals surface area contributed by atoms with Gasteiger partial charge in [0.15, 0.2) is 0 Å². The van der Waals surface area contributed by atoms with E-state index in [4.69, 9.17) is 16.6 Å². The number of nitrogens with one attached hydrogen (secondary N) is 1. The summed E-state index contributed by atoms with van der Waals surface area (Å²) in [5, 5.41) is 0.713. The molecule has 5 nitrogen and oxygen atoms in total. The van der Waals surface area contributed by atoms with Crippen molar-refractivity contribution in [1.82, 2.24) is 19.8 Å². The Morgan fingerprint density at radius 1 is 1.17 bits per heavy atom. The number of hydrogen-bond acceptors (Lipinski definition) is 3. The number of carbonyl (C=O) groups excluding carboxylic acids is 1. The van der Waals surface area contributed by atoms with E-state index in [9.17, 15) is 4.79 Å². The van der Waals surface area contributed by atoms with Crippen LogP contribution in [-0.2, 0) is 17.8 Å². The summed E-state index contributed by atoms with van der Waals surface area (Å²) < 4.78 is 0. The average molecular weight is 409 g/mol. The summed E-state index contributed by atoms with van der Waals surface area (Å²) in [4.78, 5) is 25.5. The van der Waals surface area contributed by atoms with Crippen LogP contribution in [0.4, 0.5) is 0 Å². The van der Waals surface area contributed by atoms with Crippen molar-refractivity contribution < 1.29 is 4.79 Å². The Morgan fingerprint density at radius 3 is 2.93 bits per heavy atom. The van der Waals surface area contributed by atoms with Crippen LogP contribution in [0.2, 0.25) is 5.02 Å². The minimum atomic E-state index is 0.246. The lowest BCUT2D eigenvalue weighted by molar-refractivity contribution is -0.132. The highest BCUT2D eigenvalue weighted by Crippen LogP contribution is 2.32. The molecule has 0 unspecified atom stereocenters. The van der Waals surface area contributed by atoms with Crippen molar-refractivity contribution in [3.8, 4) is 0 Å². The second-order valence-electron chi connectivity index (χ2n) is 8.06. The van der Waals surface area contributed by atoms with Gasteiger partial charge in [0.05, 0.1) is 17.1 Å². The molecule has 150 valence electrons. The molecule has 6 heteroatoms. The van der Waals surface area contributed by atoms with Gasteiger partial charge in [-0.1, -0.05) is 35.9 Å². The van der Waals surface area contributed by atoms with E-state index in [2.05, 4.69) is 34.1 Å². The minimum absolute atomic E-state index is 0.246. The number of rotatable bonds is 4. The molecule has 3 aromatic rings. The molecular formula is C23H25ClN4O. The largest absolute Gasteiger partial charge is 0.341 e. The molecule has 2 aliphatic heterocycles. The monoisotopic (exact) mass is 408 g/mol. The number of benzene rings is 2. The predicted molar refractivity (Wildman–Crippen MR) is 115 cm³/mol. The molecule has 0 aliphatic carbocycles. The number of aromatic amines is 1. The fourth-order valence-corrected chi connectivity index (χ4v) is 4.84. The first-order valence-corrected chi connectivity index (χ1v) is 10.8. The van der Waals surface area contributed by atoms with Crippen LogP contribution >= 0.6 is 11.6 Å². The number of H-pyrrole nitrogens is 1. The Morgan fingerprint density at radius 2 is 2.03 bits per heavy atom. The zero-order valence-electron chi connectivity index (χ0n) is 16.4. The third-order valence-electron chi connectivity index (χ3n) is 6.24. The van der Waals surface area contributed by atoms with Gasteiger partial charge >= 0.3 is 0 Å². The van der Waals surface area contributed by atoms with Crippen molar-refractivity contribution in [3.63, 3.8) is 0 Å². The summed E-state index contributed by atoms with van der Waals surface area (Å²) in [7, 11) is 0. The van der Waals surface area contributed by atoms with Gasteiger partial charge in [-0.25, -0.2) is 4.98 Å². The van der Waals surface area contributed by atoms with Crippen molar-refractivity contribution >= 4 is 28.5 Å². The number of imidazole rings is 1. The van der Waals surface area contributed by atoms with Crippen LogP contribution in [0.5, 0.6) is 0 Å². The standard InChI is InChI=1S/C23H25ClN4O/c24-18-7-8-19-20(14-18)26-23(25-19)21-6-3-11-27(21)13-10-22(29)28-12-9-16-4-1-2-5-17(16)15-28/h1-2,4-5,7-8,14,21H,3,6,9-13,15H2,(H,25,26)/t21-/m0/s1. The molecular weight excluding hydrogens is 384 g/mol. The lowest BCUT2D eigenvalue weighted by Gasteiger charge is -2.30. The van der Waals surface area contributed by atoms with Crippen LogP contribution in [0, 0.1) is 0 Å². The fourth-order valence-electron chi connectivity index (χ4n) is 4.67. The Bertz CT molecular complexity index is 1050. The molecule has 2 aromatic carbocycles. The first-order valence-electron chi connectivity index (χ1n) is 10.4. The van der Waals surface area contributed by atoms with Gasteiger partial charge in [-0.05, 0) is 55.1 Å². The third-order valence-corrected chi connectivity index (χ3v) is 6.47. The van der Waals surface area contributed by atoms with E-state index in [0.717, 1.165) is 62.3 Å². The molecule has 2 aliphatic rings. The molecule has 0 bridgehead atoms. The highest BCUT2D eigenvalue weighted by atomic mass is 35.5. The molecule has 1 fully saturated rings. The second kappa shape index (κ2) is 7.81. The molecule has 3 heterocycles. The van der Waals surface area contributed by atoms with Gasteiger partial charge in [0.1, 0.15) is 5.82 Å². The minimum Gasteiger partial charge on any atom is -0.341 e. The lowest BCUT2D eigenvalue weighted by atomic mass is 10.00. The van der Waals surface area contributed by atoms with Gasteiger partial charge in [0.2, 0.25) is 5.91 Å². The first-order chi connectivity index (χ1) is 14.2. The first kappa shape index (κ1) is 18.6. The molecule has 1 saturated heterocycles. The molecule has 1 atom stereocenters. The molecule has 0 saturated carbocycles. The molecule has 1 amide bonds. The fraction of sp³-hybridized carbons (Fsp3) is 0.391. The van der Waals surface area contributed by atoms with E-state index in [1.807, 2.05) is 23.1 Å². The van der Waals surface area contributed by atoms with Crippen LogP contribution in [0.1, 0.15) is 42.3 Å². The van der Waals surface area contributed by atoms with E-state index < -0.39 is 0 Å². The Hall–Kier alpha value is -2.37. The number of nitrogens with zero attached hydrogens (tertiary/aromatic N) is 3. The number of likely N-dealkylation sites (tertiary alicyclic amines) is 1. The maximum atomic E-state index is 12.8. The van der Waals surface area contributed by atoms with Crippen LogP contribution in [0.3, 0.4) is 0 Å².